The normalized spacial score (nSPS) is 10.8. The molecule has 4 rings (SSSR count). The monoisotopic (exact) mass is 501 g/mol. The Balaban J connectivity index is 1.40. The van der Waals surface area contributed by atoms with Crippen molar-refractivity contribution in [2.75, 3.05) is 16.4 Å². The third kappa shape index (κ3) is 5.42. The highest BCUT2D eigenvalue weighted by atomic mass is 35.5. The van der Waals surface area contributed by atoms with Crippen LogP contribution in [-0.2, 0) is 4.79 Å². The van der Waals surface area contributed by atoms with Gasteiger partial charge >= 0.3 is 0 Å². The smallest absolute Gasteiger partial charge is 0.255 e. The van der Waals surface area contributed by atoms with Crippen LogP contribution < -0.4 is 10.6 Å². The van der Waals surface area contributed by atoms with Crippen molar-refractivity contribution in [2.45, 2.75) is 11.3 Å². The Bertz CT molecular complexity index is 1320. The summed E-state index contributed by atoms with van der Waals surface area (Å²) in [5.41, 5.74) is 3.58. The Morgan fingerprint density at radius 1 is 1.03 bits per heavy atom. The fourth-order valence-electron chi connectivity index (χ4n) is 2.97. The third-order valence-electron chi connectivity index (χ3n) is 4.55. The molecule has 1 heterocycles. The van der Waals surface area contributed by atoms with Gasteiger partial charge in [-0.05, 0) is 55.0 Å². The number of carbonyl (C=O) groups excluding carboxylic acids is 2. The van der Waals surface area contributed by atoms with Crippen molar-refractivity contribution in [2.24, 2.45) is 0 Å². The van der Waals surface area contributed by atoms with Crippen LogP contribution in [0.15, 0.2) is 65.0 Å². The second-order valence-corrected chi connectivity index (χ2v) is 9.99. The molecule has 3 aromatic carbocycles. The summed E-state index contributed by atoms with van der Waals surface area (Å²) in [5.74, 6) is -0.154. The quantitative estimate of drug-likeness (QED) is 0.282. The van der Waals surface area contributed by atoms with E-state index in [9.17, 15) is 9.59 Å². The van der Waals surface area contributed by atoms with Crippen LogP contribution in [0.1, 0.15) is 15.9 Å². The van der Waals surface area contributed by atoms with Crippen molar-refractivity contribution >= 4 is 79.7 Å². The van der Waals surface area contributed by atoms with Gasteiger partial charge in [0, 0.05) is 16.3 Å². The minimum Gasteiger partial charge on any atom is -0.324 e. The highest BCUT2D eigenvalue weighted by Crippen LogP contribution is 2.32. The van der Waals surface area contributed by atoms with Gasteiger partial charge in [-0.3, -0.25) is 9.59 Å². The Morgan fingerprint density at radius 2 is 1.84 bits per heavy atom. The summed E-state index contributed by atoms with van der Waals surface area (Å²) in [4.78, 5) is 29.4. The van der Waals surface area contributed by atoms with Gasteiger partial charge in [-0.1, -0.05) is 53.2 Å². The van der Waals surface area contributed by atoms with Crippen molar-refractivity contribution in [3.8, 4) is 0 Å². The molecule has 2 amide bonds. The first-order valence-electron chi connectivity index (χ1n) is 9.54. The van der Waals surface area contributed by atoms with E-state index in [1.807, 2.05) is 43.3 Å². The summed E-state index contributed by atoms with van der Waals surface area (Å²) >= 11 is 14.8. The minimum absolute atomic E-state index is 0.154. The number of benzene rings is 3. The Kier molecular flexibility index (Phi) is 7.01. The summed E-state index contributed by atoms with van der Waals surface area (Å²) in [6.45, 7) is 1.90. The van der Waals surface area contributed by atoms with Gasteiger partial charge in [0.25, 0.3) is 5.91 Å². The lowest BCUT2D eigenvalue weighted by Crippen LogP contribution is -2.14. The fourth-order valence-corrected chi connectivity index (χ4v) is 5.34. The molecule has 2 N–H and O–H groups in total. The molecular weight excluding hydrogens is 485 g/mol. The van der Waals surface area contributed by atoms with E-state index in [1.54, 1.807) is 24.3 Å². The van der Waals surface area contributed by atoms with Crippen molar-refractivity contribution in [3.05, 3.63) is 81.8 Å². The first kappa shape index (κ1) is 22.6. The molecule has 0 saturated heterocycles. The number of anilines is 2. The standard InChI is InChI=1S/C23H17Cl2N3O2S2/c1-13-4-2-3-5-16(13)22(30)26-15-7-9-19-20(11-15)32-23(28-19)31-12-21(29)27-18-8-6-14(24)10-17(18)25/h2-11H,12H2,1H3,(H,26,30)(H,27,29). The van der Waals surface area contributed by atoms with Crippen LogP contribution in [0, 0.1) is 6.92 Å². The minimum atomic E-state index is -0.190. The second-order valence-electron chi connectivity index (χ2n) is 6.89. The zero-order chi connectivity index (χ0) is 22.7. The number of amides is 2. The van der Waals surface area contributed by atoms with E-state index in [0.29, 0.717) is 27.0 Å². The van der Waals surface area contributed by atoms with Crippen molar-refractivity contribution in [1.29, 1.82) is 0 Å². The van der Waals surface area contributed by atoms with Gasteiger partial charge in [-0.15, -0.1) is 11.3 Å². The second kappa shape index (κ2) is 9.92. The van der Waals surface area contributed by atoms with Gasteiger partial charge < -0.3 is 10.6 Å². The summed E-state index contributed by atoms with van der Waals surface area (Å²) in [7, 11) is 0. The zero-order valence-electron chi connectivity index (χ0n) is 16.8. The maximum Gasteiger partial charge on any atom is 0.255 e. The lowest BCUT2D eigenvalue weighted by atomic mass is 10.1. The number of halogens is 2. The number of thiazole rings is 1. The lowest BCUT2D eigenvalue weighted by Gasteiger charge is -2.07. The zero-order valence-corrected chi connectivity index (χ0v) is 20.0. The van der Waals surface area contributed by atoms with Gasteiger partial charge in [0.1, 0.15) is 0 Å². The summed E-state index contributed by atoms with van der Waals surface area (Å²) in [6.07, 6.45) is 0. The maximum atomic E-state index is 12.6. The molecule has 0 bridgehead atoms. The number of aromatic nitrogens is 1. The number of rotatable bonds is 6. The Morgan fingerprint density at radius 3 is 2.62 bits per heavy atom. The predicted octanol–water partition coefficient (Wildman–Crippen LogP) is 6.89. The van der Waals surface area contributed by atoms with Gasteiger partial charge in [-0.25, -0.2) is 4.98 Å². The molecule has 0 atom stereocenters. The van der Waals surface area contributed by atoms with Gasteiger partial charge in [-0.2, -0.15) is 0 Å². The van der Waals surface area contributed by atoms with Crippen LogP contribution >= 0.6 is 46.3 Å². The van der Waals surface area contributed by atoms with E-state index in [-0.39, 0.29) is 17.6 Å². The van der Waals surface area contributed by atoms with Crippen LogP contribution in [0.25, 0.3) is 10.2 Å². The Hall–Kier alpha value is -2.58. The number of carbonyl (C=O) groups is 2. The number of nitrogens with one attached hydrogen (secondary N) is 2. The molecule has 32 heavy (non-hydrogen) atoms. The van der Waals surface area contributed by atoms with E-state index in [1.165, 1.54) is 23.1 Å². The first-order chi connectivity index (χ1) is 15.4. The Labute approximate surface area is 203 Å². The number of fused-ring (bicyclic) bond motifs is 1. The van der Waals surface area contributed by atoms with Crippen molar-refractivity contribution < 1.29 is 9.59 Å². The van der Waals surface area contributed by atoms with Crippen LogP contribution in [0.2, 0.25) is 10.0 Å². The largest absolute Gasteiger partial charge is 0.324 e. The number of nitrogens with zero attached hydrogens (tertiary/aromatic N) is 1. The number of thioether (sulfide) groups is 1. The molecule has 0 radical (unpaired) electrons. The van der Waals surface area contributed by atoms with E-state index in [0.717, 1.165) is 20.1 Å². The molecule has 0 saturated carbocycles. The van der Waals surface area contributed by atoms with E-state index in [2.05, 4.69) is 15.6 Å². The molecule has 4 aromatic rings. The molecule has 162 valence electrons. The molecule has 0 aliphatic rings. The average molecular weight is 502 g/mol. The van der Waals surface area contributed by atoms with Crippen molar-refractivity contribution in [3.63, 3.8) is 0 Å². The third-order valence-corrected chi connectivity index (χ3v) is 7.26. The van der Waals surface area contributed by atoms with Gasteiger partial charge in [0.2, 0.25) is 5.91 Å². The molecule has 0 aliphatic carbocycles. The SMILES string of the molecule is Cc1ccccc1C(=O)Nc1ccc2nc(SCC(=O)Nc3ccc(Cl)cc3Cl)sc2c1. The topological polar surface area (TPSA) is 71.1 Å². The molecule has 0 aliphatic heterocycles. The van der Waals surface area contributed by atoms with Crippen molar-refractivity contribution in [1.82, 2.24) is 4.98 Å². The fraction of sp³-hybridized carbons (Fsp3) is 0.0870. The summed E-state index contributed by atoms with van der Waals surface area (Å²) in [5, 5.41) is 6.60. The van der Waals surface area contributed by atoms with Crippen LogP contribution in [0.3, 0.4) is 0 Å². The summed E-state index contributed by atoms with van der Waals surface area (Å²) in [6, 6.07) is 17.9. The number of aryl methyl sites for hydroxylation is 1. The number of hydrogen-bond donors (Lipinski definition) is 2. The highest BCUT2D eigenvalue weighted by Gasteiger charge is 2.12. The van der Waals surface area contributed by atoms with Crippen LogP contribution in [0.4, 0.5) is 11.4 Å². The molecule has 0 spiro atoms. The predicted molar refractivity (Wildman–Crippen MR) is 135 cm³/mol. The van der Waals surface area contributed by atoms with Gasteiger partial charge in [0.15, 0.2) is 4.34 Å². The number of hydrogen-bond acceptors (Lipinski definition) is 5. The molecule has 0 fully saturated rings. The molecule has 1 aromatic heterocycles. The molecule has 5 nitrogen and oxygen atoms in total. The van der Waals surface area contributed by atoms with E-state index < -0.39 is 0 Å². The van der Waals surface area contributed by atoms with Crippen LogP contribution in [-0.4, -0.2) is 22.6 Å². The molecule has 9 heteroatoms. The van der Waals surface area contributed by atoms with Crippen LogP contribution in [0.5, 0.6) is 0 Å². The molecule has 0 unspecified atom stereocenters. The first-order valence-corrected chi connectivity index (χ1v) is 12.1. The average Bonchev–Trinajstić information content (AvgIpc) is 3.17. The summed E-state index contributed by atoms with van der Waals surface area (Å²) < 4.78 is 1.69. The van der Waals surface area contributed by atoms with E-state index >= 15 is 0 Å². The van der Waals surface area contributed by atoms with Gasteiger partial charge in [0.05, 0.1) is 26.7 Å². The van der Waals surface area contributed by atoms with E-state index in [4.69, 9.17) is 23.2 Å². The lowest BCUT2D eigenvalue weighted by molar-refractivity contribution is -0.113. The maximum absolute atomic E-state index is 12.6. The highest BCUT2D eigenvalue weighted by molar-refractivity contribution is 8.01. The molecular formula is C23H17Cl2N3O2S2.